The predicted molar refractivity (Wildman–Crippen MR) is 53.9 cm³/mol. The molecule has 1 heterocycles. The Morgan fingerprint density at radius 1 is 1.47 bits per heavy atom. The highest BCUT2D eigenvalue weighted by atomic mass is 16.6. The largest absolute Gasteiger partial charge is 0.394 e. The first-order valence-corrected chi connectivity index (χ1v) is 5.38. The molecular formula is C10H20O5. The van der Waals surface area contributed by atoms with Crippen molar-refractivity contribution in [3.8, 4) is 0 Å². The number of rotatable bonds is 7. The van der Waals surface area contributed by atoms with Gasteiger partial charge in [-0.15, -0.1) is 0 Å². The van der Waals surface area contributed by atoms with Crippen molar-refractivity contribution in [3.05, 3.63) is 0 Å². The van der Waals surface area contributed by atoms with Crippen LogP contribution < -0.4 is 0 Å². The SMILES string of the molecule is CCOCC(OCCO)C1COCCO1. The molecule has 0 saturated carbocycles. The summed E-state index contributed by atoms with van der Waals surface area (Å²) in [7, 11) is 0. The van der Waals surface area contributed by atoms with Crippen molar-refractivity contribution in [1.29, 1.82) is 0 Å². The summed E-state index contributed by atoms with van der Waals surface area (Å²) >= 11 is 0. The Morgan fingerprint density at radius 3 is 2.93 bits per heavy atom. The molecule has 0 aromatic carbocycles. The van der Waals surface area contributed by atoms with Gasteiger partial charge in [0, 0.05) is 6.61 Å². The molecule has 90 valence electrons. The van der Waals surface area contributed by atoms with E-state index in [-0.39, 0.29) is 18.8 Å². The molecule has 2 unspecified atom stereocenters. The van der Waals surface area contributed by atoms with Gasteiger partial charge in [-0.1, -0.05) is 0 Å². The first kappa shape index (κ1) is 12.9. The predicted octanol–water partition coefficient (Wildman–Crippen LogP) is -0.184. The molecule has 0 amide bonds. The summed E-state index contributed by atoms with van der Waals surface area (Å²) in [4.78, 5) is 0. The molecule has 0 aromatic rings. The van der Waals surface area contributed by atoms with Gasteiger partial charge in [-0.25, -0.2) is 0 Å². The second-order valence-corrected chi connectivity index (χ2v) is 3.28. The van der Waals surface area contributed by atoms with Crippen molar-refractivity contribution in [3.63, 3.8) is 0 Å². The minimum Gasteiger partial charge on any atom is -0.394 e. The quantitative estimate of drug-likeness (QED) is 0.645. The minimum atomic E-state index is -0.155. The number of aliphatic hydroxyl groups is 1. The Bertz CT molecular complexity index is 139. The summed E-state index contributed by atoms with van der Waals surface area (Å²) in [5.74, 6) is 0. The van der Waals surface area contributed by atoms with E-state index in [4.69, 9.17) is 24.1 Å². The standard InChI is InChI=1S/C10H20O5/c1-2-12-7-9(14-4-3-11)10-8-13-5-6-15-10/h9-11H,2-8H2,1H3. The lowest BCUT2D eigenvalue weighted by Gasteiger charge is -2.30. The van der Waals surface area contributed by atoms with E-state index in [1.54, 1.807) is 0 Å². The van der Waals surface area contributed by atoms with Crippen LogP contribution in [0.25, 0.3) is 0 Å². The fraction of sp³-hybridized carbons (Fsp3) is 1.00. The molecule has 5 heteroatoms. The molecule has 15 heavy (non-hydrogen) atoms. The highest BCUT2D eigenvalue weighted by Crippen LogP contribution is 2.10. The van der Waals surface area contributed by atoms with E-state index >= 15 is 0 Å². The maximum absolute atomic E-state index is 8.70. The monoisotopic (exact) mass is 220 g/mol. The van der Waals surface area contributed by atoms with Crippen LogP contribution in [-0.2, 0) is 18.9 Å². The number of ether oxygens (including phenoxy) is 4. The molecule has 1 rings (SSSR count). The van der Waals surface area contributed by atoms with Crippen molar-refractivity contribution in [2.75, 3.05) is 46.2 Å². The third-order valence-corrected chi connectivity index (χ3v) is 2.17. The molecule has 5 nitrogen and oxygen atoms in total. The van der Waals surface area contributed by atoms with Gasteiger partial charge in [0.05, 0.1) is 39.6 Å². The van der Waals surface area contributed by atoms with E-state index in [1.807, 2.05) is 6.92 Å². The minimum absolute atomic E-state index is 0.0101. The summed E-state index contributed by atoms with van der Waals surface area (Å²) in [5, 5.41) is 8.70. The summed E-state index contributed by atoms with van der Waals surface area (Å²) in [6.45, 7) is 5.13. The number of aliphatic hydroxyl groups excluding tert-OH is 1. The van der Waals surface area contributed by atoms with Crippen LogP contribution >= 0.6 is 0 Å². The lowest BCUT2D eigenvalue weighted by Crippen LogP contribution is -2.43. The van der Waals surface area contributed by atoms with Crippen molar-refractivity contribution in [2.45, 2.75) is 19.1 Å². The van der Waals surface area contributed by atoms with Crippen molar-refractivity contribution >= 4 is 0 Å². The van der Waals surface area contributed by atoms with Crippen LogP contribution in [0.3, 0.4) is 0 Å². The molecule has 0 spiro atoms. The smallest absolute Gasteiger partial charge is 0.109 e. The van der Waals surface area contributed by atoms with Gasteiger partial charge in [0.1, 0.15) is 12.2 Å². The Kier molecular flexibility index (Phi) is 6.87. The average molecular weight is 220 g/mol. The lowest BCUT2D eigenvalue weighted by atomic mass is 10.2. The molecule has 1 aliphatic rings. The van der Waals surface area contributed by atoms with Crippen LogP contribution in [0, 0.1) is 0 Å². The highest BCUT2D eigenvalue weighted by molar-refractivity contribution is 4.72. The van der Waals surface area contributed by atoms with Gasteiger partial charge in [0.15, 0.2) is 0 Å². The molecule has 1 fully saturated rings. The van der Waals surface area contributed by atoms with Crippen molar-refractivity contribution in [1.82, 2.24) is 0 Å². The Balaban J connectivity index is 2.30. The van der Waals surface area contributed by atoms with E-state index < -0.39 is 0 Å². The van der Waals surface area contributed by atoms with E-state index in [0.717, 1.165) is 0 Å². The second kappa shape index (κ2) is 8.01. The molecular weight excluding hydrogens is 200 g/mol. The van der Waals surface area contributed by atoms with Gasteiger partial charge >= 0.3 is 0 Å². The Morgan fingerprint density at radius 2 is 2.33 bits per heavy atom. The average Bonchev–Trinajstić information content (AvgIpc) is 2.30. The zero-order chi connectivity index (χ0) is 10.9. The third kappa shape index (κ3) is 4.90. The summed E-state index contributed by atoms with van der Waals surface area (Å²) in [6.07, 6.45) is -0.241. The van der Waals surface area contributed by atoms with Gasteiger partial charge in [-0.2, -0.15) is 0 Å². The van der Waals surface area contributed by atoms with Gasteiger partial charge < -0.3 is 24.1 Å². The maximum Gasteiger partial charge on any atom is 0.109 e. The summed E-state index contributed by atoms with van der Waals surface area (Å²) in [6, 6.07) is 0. The third-order valence-electron chi connectivity index (χ3n) is 2.17. The summed E-state index contributed by atoms with van der Waals surface area (Å²) < 4.78 is 21.6. The molecule has 0 aliphatic carbocycles. The van der Waals surface area contributed by atoms with Crippen molar-refractivity contribution < 1.29 is 24.1 Å². The Labute approximate surface area is 90.3 Å². The van der Waals surface area contributed by atoms with E-state index in [2.05, 4.69) is 0 Å². The van der Waals surface area contributed by atoms with E-state index in [0.29, 0.717) is 39.6 Å². The molecule has 1 aliphatic heterocycles. The lowest BCUT2D eigenvalue weighted by molar-refractivity contribution is -0.163. The second-order valence-electron chi connectivity index (χ2n) is 3.28. The van der Waals surface area contributed by atoms with Gasteiger partial charge in [0.25, 0.3) is 0 Å². The number of hydrogen-bond acceptors (Lipinski definition) is 5. The van der Waals surface area contributed by atoms with Crippen LogP contribution in [0.2, 0.25) is 0 Å². The van der Waals surface area contributed by atoms with Crippen LogP contribution in [0.15, 0.2) is 0 Å². The highest BCUT2D eigenvalue weighted by Gasteiger charge is 2.25. The topological polar surface area (TPSA) is 57.2 Å². The zero-order valence-electron chi connectivity index (χ0n) is 9.18. The maximum atomic E-state index is 8.70. The molecule has 0 aromatic heterocycles. The first-order chi connectivity index (χ1) is 7.38. The van der Waals surface area contributed by atoms with E-state index in [9.17, 15) is 0 Å². The fourth-order valence-corrected chi connectivity index (χ4v) is 1.42. The normalized spacial score (nSPS) is 24.0. The van der Waals surface area contributed by atoms with Crippen molar-refractivity contribution in [2.24, 2.45) is 0 Å². The molecule has 0 bridgehead atoms. The fourth-order valence-electron chi connectivity index (χ4n) is 1.42. The van der Waals surface area contributed by atoms with E-state index in [1.165, 1.54) is 0 Å². The number of hydrogen-bond donors (Lipinski definition) is 1. The first-order valence-electron chi connectivity index (χ1n) is 5.38. The molecule has 2 atom stereocenters. The molecule has 0 radical (unpaired) electrons. The van der Waals surface area contributed by atoms with Crippen LogP contribution in [0.1, 0.15) is 6.92 Å². The molecule has 1 saturated heterocycles. The van der Waals surface area contributed by atoms with Gasteiger partial charge in [-0.05, 0) is 6.92 Å². The van der Waals surface area contributed by atoms with Gasteiger partial charge in [0.2, 0.25) is 0 Å². The zero-order valence-corrected chi connectivity index (χ0v) is 9.18. The summed E-state index contributed by atoms with van der Waals surface area (Å²) in [5.41, 5.74) is 0. The van der Waals surface area contributed by atoms with Crippen LogP contribution in [-0.4, -0.2) is 63.6 Å². The molecule has 1 N–H and O–H groups in total. The van der Waals surface area contributed by atoms with Gasteiger partial charge in [-0.3, -0.25) is 0 Å². The Hall–Kier alpha value is -0.200. The van der Waals surface area contributed by atoms with Crippen LogP contribution in [0.4, 0.5) is 0 Å². The van der Waals surface area contributed by atoms with Crippen LogP contribution in [0.5, 0.6) is 0 Å².